The van der Waals surface area contributed by atoms with Crippen molar-refractivity contribution in [2.75, 3.05) is 11.4 Å². The molecule has 1 aromatic carbocycles. The van der Waals surface area contributed by atoms with Crippen molar-refractivity contribution in [3.05, 3.63) is 29.8 Å². The number of thiocarbonyl (C=S) groups is 1. The van der Waals surface area contributed by atoms with Crippen LogP contribution in [0.3, 0.4) is 0 Å². The van der Waals surface area contributed by atoms with Crippen LogP contribution in [0.4, 0.5) is 5.69 Å². The molecule has 2 rings (SSSR count). The van der Waals surface area contributed by atoms with Crippen LogP contribution in [0, 0.1) is 0 Å². The van der Waals surface area contributed by atoms with Crippen LogP contribution in [0.2, 0.25) is 0 Å². The monoisotopic (exact) mass is 277 g/mol. The van der Waals surface area contributed by atoms with Gasteiger partial charge < -0.3 is 16.4 Å². The van der Waals surface area contributed by atoms with Crippen LogP contribution in [0.5, 0.6) is 0 Å². The van der Waals surface area contributed by atoms with Crippen molar-refractivity contribution < 1.29 is 0 Å². The number of anilines is 1. The van der Waals surface area contributed by atoms with E-state index in [0.29, 0.717) is 5.11 Å². The van der Waals surface area contributed by atoms with Gasteiger partial charge in [-0.2, -0.15) is 0 Å². The third kappa shape index (κ3) is 3.07. The van der Waals surface area contributed by atoms with E-state index in [1.807, 2.05) is 4.90 Å². The fourth-order valence-electron chi connectivity index (χ4n) is 2.87. The Morgan fingerprint density at radius 3 is 2.63 bits per heavy atom. The SMILES string of the molecule is CCCN(C(N)=S)c1cccc(C2(N)CCCC2)c1. The first kappa shape index (κ1) is 14.3. The van der Waals surface area contributed by atoms with Crippen molar-refractivity contribution >= 4 is 23.0 Å². The van der Waals surface area contributed by atoms with Crippen molar-refractivity contribution in [1.82, 2.24) is 0 Å². The standard InChI is InChI=1S/C15H23N3S/c1-2-10-18(14(16)19)13-7-5-6-12(11-13)15(17)8-3-4-9-15/h5-7,11H,2-4,8-10,17H2,1H3,(H2,16,19). The third-order valence-electron chi connectivity index (χ3n) is 3.94. The average Bonchev–Trinajstić information content (AvgIpc) is 2.84. The highest BCUT2D eigenvalue weighted by Crippen LogP contribution is 2.37. The van der Waals surface area contributed by atoms with Gasteiger partial charge >= 0.3 is 0 Å². The van der Waals surface area contributed by atoms with Gasteiger partial charge in [-0.25, -0.2) is 0 Å². The molecule has 1 aliphatic rings. The van der Waals surface area contributed by atoms with E-state index in [-0.39, 0.29) is 5.54 Å². The Labute approximate surface area is 121 Å². The fourth-order valence-corrected chi connectivity index (χ4v) is 3.06. The second kappa shape index (κ2) is 5.88. The summed E-state index contributed by atoms with van der Waals surface area (Å²) in [6, 6.07) is 8.38. The van der Waals surface area contributed by atoms with Crippen molar-refractivity contribution in [1.29, 1.82) is 0 Å². The summed E-state index contributed by atoms with van der Waals surface area (Å²) >= 11 is 5.14. The van der Waals surface area contributed by atoms with E-state index < -0.39 is 0 Å². The zero-order chi connectivity index (χ0) is 13.9. The first-order valence-electron chi connectivity index (χ1n) is 7.03. The summed E-state index contributed by atoms with van der Waals surface area (Å²) in [5.41, 5.74) is 14.4. The van der Waals surface area contributed by atoms with E-state index in [9.17, 15) is 0 Å². The van der Waals surface area contributed by atoms with Crippen molar-refractivity contribution in [2.45, 2.75) is 44.6 Å². The normalized spacial score (nSPS) is 17.4. The second-order valence-corrected chi connectivity index (χ2v) is 5.82. The lowest BCUT2D eigenvalue weighted by molar-refractivity contribution is 0.462. The molecule has 3 nitrogen and oxygen atoms in total. The van der Waals surface area contributed by atoms with Gasteiger partial charge in [0.05, 0.1) is 0 Å². The molecule has 0 unspecified atom stereocenters. The molecule has 0 radical (unpaired) electrons. The number of benzene rings is 1. The van der Waals surface area contributed by atoms with Crippen LogP contribution in [0.15, 0.2) is 24.3 Å². The maximum atomic E-state index is 6.52. The molecule has 0 bridgehead atoms. The smallest absolute Gasteiger partial charge is 0.170 e. The van der Waals surface area contributed by atoms with Crippen molar-refractivity contribution in [3.8, 4) is 0 Å². The first-order valence-corrected chi connectivity index (χ1v) is 7.44. The highest BCUT2D eigenvalue weighted by Gasteiger charge is 2.31. The number of nitrogens with two attached hydrogens (primary N) is 2. The zero-order valence-corrected chi connectivity index (χ0v) is 12.4. The van der Waals surface area contributed by atoms with Crippen LogP contribution in [0.1, 0.15) is 44.6 Å². The summed E-state index contributed by atoms with van der Waals surface area (Å²) in [5.74, 6) is 0. The lowest BCUT2D eigenvalue weighted by Crippen LogP contribution is -2.37. The van der Waals surface area contributed by atoms with E-state index in [1.54, 1.807) is 0 Å². The van der Waals surface area contributed by atoms with Crippen molar-refractivity contribution in [2.24, 2.45) is 11.5 Å². The number of hydrogen-bond donors (Lipinski definition) is 2. The molecule has 0 aromatic heterocycles. The quantitative estimate of drug-likeness (QED) is 0.831. The van der Waals surface area contributed by atoms with E-state index in [2.05, 4.69) is 31.2 Å². The molecule has 1 aliphatic carbocycles. The Morgan fingerprint density at radius 2 is 2.05 bits per heavy atom. The average molecular weight is 277 g/mol. The Balaban J connectivity index is 2.30. The zero-order valence-electron chi connectivity index (χ0n) is 11.6. The summed E-state index contributed by atoms with van der Waals surface area (Å²) in [6.45, 7) is 2.97. The lowest BCUT2D eigenvalue weighted by atomic mass is 9.89. The van der Waals surface area contributed by atoms with Gasteiger partial charge in [-0.15, -0.1) is 0 Å². The van der Waals surface area contributed by atoms with Crippen LogP contribution in [-0.2, 0) is 5.54 Å². The van der Waals surface area contributed by atoms with E-state index >= 15 is 0 Å². The highest BCUT2D eigenvalue weighted by atomic mass is 32.1. The summed E-state index contributed by atoms with van der Waals surface area (Å²) in [4.78, 5) is 1.98. The Kier molecular flexibility index (Phi) is 4.42. The van der Waals surface area contributed by atoms with E-state index in [0.717, 1.165) is 31.5 Å². The topological polar surface area (TPSA) is 55.3 Å². The Bertz CT molecular complexity index is 452. The summed E-state index contributed by atoms with van der Waals surface area (Å²) in [6.07, 6.45) is 5.58. The molecule has 1 aromatic rings. The minimum Gasteiger partial charge on any atom is -0.376 e. The Hall–Kier alpha value is -1.13. The lowest BCUT2D eigenvalue weighted by Gasteiger charge is -2.28. The minimum absolute atomic E-state index is 0.163. The molecule has 1 saturated carbocycles. The van der Waals surface area contributed by atoms with Crippen molar-refractivity contribution in [3.63, 3.8) is 0 Å². The van der Waals surface area contributed by atoms with Gasteiger partial charge in [0, 0.05) is 17.8 Å². The van der Waals surface area contributed by atoms with Crippen LogP contribution >= 0.6 is 12.2 Å². The number of nitrogens with zero attached hydrogens (tertiary/aromatic N) is 1. The van der Waals surface area contributed by atoms with E-state index in [4.69, 9.17) is 23.7 Å². The van der Waals surface area contributed by atoms with Gasteiger partial charge in [-0.3, -0.25) is 0 Å². The second-order valence-electron chi connectivity index (χ2n) is 5.40. The van der Waals surface area contributed by atoms with Crippen LogP contribution < -0.4 is 16.4 Å². The minimum atomic E-state index is -0.163. The van der Waals surface area contributed by atoms with Gasteiger partial charge in [-0.1, -0.05) is 31.9 Å². The van der Waals surface area contributed by atoms with Gasteiger partial charge in [0.15, 0.2) is 5.11 Å². The van der Waals surface area contributed by atoms with E-state index in [1.165, 1.54) is 18.4 Å². The van der Waals surface area contributed by atoms with Gasteiger partial charge in [-0.05, 0) is 49.2 Å². The molecule has 0 atom stereocenters. The maximum absolute atomic E-state index is 6.52. The highest BCUT2D eigenvalue weighted by molar-refractivity contribution is 7.80. The van der Waals surface area contributed by atoms with Gasteiger partial charge in [0.1, 0.15) is 0 Å². The van der Waals surface area contributed by atoms with Crippen LogP contribution in [0.25, 0.3) is 0 Å². The largest absolute Gasteiger partial charge is 0.376 e. The predicted molar refractivity (Wildman–Crippen MR) is 85.2 cm³/mol. The summed E-state index contributed by atoms with van der Waals surface area (Å²) in [7, 11) is 0. The van der Waals surface area contributed by atoms with Crippen LogP contribution in [-0.4, -0.2) is 11.7 Å². The first-order chi connectivity index (χ1) is 9.07. The molecule has 4 N–H and O–H groups in total. The number of hydrogen-bond acceptors (Lipinski definition) is 2. The fraction of sp³-hybridized carbons (Fsp3) is 0.533. The molecule has 0 spiro atoms. The van der Waals surface area contributed by atoms with Gasteiger partial charge in [0.2, 0.25) is 0 Å². The molecule has 19 heavy (non-hydrogen) atoms. The predicted octanol–water partition coefficient (Wildman–Crippen LogP) is 2.87. The van der Waals surface area contributed by atoms with Gasteiger partial charge in [0.25, 0.3) is 0 Å². The molecule has 0 aliphatic heterocycles. The molecule has 0 amide bonds. The molecule has 104 valence electrons. The summed E-state index contributed by atoms with van der Waals surface area (Å²) < 4.78 is 0. The number of rotatable bonds is 4. The molecule has 0 heterocycles. The summed E-state index contributed by atoms with van der Waals surface area (Å²) in [5, 5.41) is 0.427. The molecule has 0 saturated heterocycles. The Morgan fingerprint density at radius 1 is 1.37 bits per heavy atom. The molecule has 4 heteroatoms. The third-order valence-corrected chi connectivity index (χ3v) is 4.16. The maximum Gasteiger partial charge on any atom is 0.170 e. The molecular formula is C15H23N3S. The molecular weight excluding hydrogens is 254 g/mol. The molecule has 1 fully saturated rings.